The number of carbonyl (C=O) groups is 2. The Bertz CT molecular complexity index is 538. The van der Waals surface area contributed by atoms with Crippen molar-refractivity contribution >= 4 is 17.5 Å². The molecule has 4 nitrogen and oxygen atoms in total. The van der Waals surface area contributed by atoms with Gasteiger partial charge in [-0.15, -0.1) is 0 Å². The molecule has 21 heavy (non-hydrogen) atoms. The third-order valence-electron chi connectivity index (χ3n) is 2.22. The summed E-state index contributed by atoms with van der Waals surface area (Å²) in [6, 6.07) is 4.85. The van der Waals surface area contributed by atoms with E-state index in [0.29, 0.717) is 0 Å². The van der Waals surface area contributed by atoms with E-state index in [0.717, 1.165) is 6.07 Å². The summed E-state index contributed by atoms with van der Waals surface area (Å²) in [6.45, 7) is -0.688. The van der Waals surface area contributed by atoms with E-state index in [4.69, 9.17) is 0 Å². The molecule has 0 aliphatic heterocycles. The Morgan fingerprint density at radius 1 is 0.905 bits per heavy atom. The minimum atomic E-state index is -5.14. The maximum atomic E-state index is 12.1. The lowest BCUT2D eigenvalue weighted by molar-refractivity contribution is -0.173. The summed E-state index contributed by atoms with van der Waals surface area (Å²) in [7, 11) is 0. The molecule has 0 atom stereocenters. The number of anilines is 1. The summed E-state index contributed by atoms with van der Waals surface area (Å²) in [4.78, 5) is 21.4. The molecule has 0 aliphatic rings. The van der Waals surface area contributed by atoms with Crippen molar-refractivity contribution in [2.24, 2.45) is 0 Å². The summed E-state index contributed by atoms with van der Waals surface area (Å²) in [5, 5.41) is 3.01. The number of carbonyl (C=O) groups excluding carboxylic acids is 2. The molecule has 116 valence electrons. The Hall–Kier alpha value is -2.26. The van der Waals surface area contributed by atoms with Crippen LogP contribution in [0, 0.1) is 0 Å². The fourth-order valence-electron chi connectivity index (χ4n) is 1.27. The highest BCUT2D eigenvalue weighted by atomic mass is 19.4. The van der Waals surface area contributed by atoms with Crippen molar-refractivity contribution in [2.45, 2.75) is 18.9 Å². The Balaban J connectivity index is 2.81. The van der Waals surface area contributed by atoms with E-state index < -0.39 is 30.7 Å². The molecular formula is C11H8F6N2O2. The minimum Gasteiger partial charge on any atom is -0.344 e. The molecule has 0 aliphatic carbocycles. The fraction of sp³-hybridized carbons (Fsp3) is 0.273. The van der Waals surface area contributed by atoms with Gasteiger partial charge in [-0.3, -0.25) is 9.59 Å². The van der Waals surface area contributed by atoms with Gasteiger partial charge in [0, 0.05) is 12.2 Å². The lowest BCUT2D eigenvalue weighted by Gasteiger charge is -2.13. The zero-order chi connectivity index (χ0) is 16.3. The number of halogens is 6. The Morgan fingerprint density at radius 2 is 1.43 bits per heavy atom. The molecule has 0 saturated carbocycles. The highest BCUT2D eigenvalue weighted by Gasteiger charge is 2.39. The van der Waals surface area contributed by atoms with Gasteiger partial charge in [0.1, 0.15) is 0 Å². The lowest BCUT2D eigenvalue weighted by atomic mass is 10.1. The van der Waals surface area contributed by atoms with E-state index in [-0.39, 0.29) is 11.3 Å². The van der Waals surface area contributed by atoms with Crippen LogP contribution in [0.2, 0.25) is 0 Å². The van der Waals surface area contributed by atoms with Gasteiger partial charge in [0.05, 0.1) is 0 Å². The maximum Gasteiger partial charge on any atom is 0.471 e. The Morgan fingerprint density at radius 3 is 1.95 bits per heavy atom. The molecule has 2 amide bonds. The highest BCUT2D eigenvalue weighted by Crippen LogP contribution is 2.21. The van der Waals surface area contributed by atoms with E-state index in [1.807, 2.05) is 0 Å². The zero-order valence-corrected chi connectivity index (χ0v) is 10.1. The van der Waals surface area contributed by atoms with Crippen LogP contribution in [0.4, 0.5) is 32.0 Å². The number of hydrogen-bond acceptors (Lipinski definition) is 2. The summed E-state index contributed by atoms with van der Waals surface area (Å²) in [6.07, 6.45) is -10.2. The van der Waals surface area contributed by atoms with E-state index >= 15 is 0 Å². The van der Waals surface area contributed by atoms with Crippen molar-refractivity contribution in [1.82, 2.24) is 5.32 Å². The second-order valence-electron chi connectivity index (χ2n) is 3.79. The second kappa shape index (κ2) is 6.02. The topological polar surface area (TPSA) is 58.2 Å². The van der Waals surface area contributed by atoms with Crippen LogP contribution in [0.25, 0.3) is 0 Å². The molecule has 0 heterocycles. The number of hydrogen-bond donors (Lipinski definition) is 2. The van der Waals surface area contributed by atoms with Crippen molar-refractivity contribution in [3.8, 4) is 0 Å². The number of rotatable bonds is 3. The first kappa shape index (κ1) is 16.8. The van der Waals surface area contributed by atoms with Crippen LogP contribution < -0.4 is 10.6 Å². The second-order valence-corrected chi connectivity index (χ2v) is 3.79. The van der Waals surface area contributed by atoms with Gasteiger partial charge in [-0.1, -0.05) is 18.2 Å². The van der Waals surface area contributed by atoms with Crippen molar-refractivity contribution < 1.29 is 35.9 Å². The molecule has 0 bridgehead atoms. The first-order chi connectivity index (χ1) is 9.51. The van der Waals surface area contributed by atoms with E-state index in [1.165, 1.54) is 28.8 Å². The van der Waals surface area contributed by atoms with Crippen LogP contribution in [0.15, 0.2) is 24.3 Å². The predicted octanol–water partition coefficient (Wildman–Crippen LogP) is 2.37. The van der Waals surface area contributed by atoms with E-state index in [2.05, 4.69) is 0 Å². The molecule has 0 radical (unpaired) electrons. The summed E-state index contributed by atoms with van der Waals surface area (Å²) in [5.74, 6) is -4.50. The molecule has 0 fully saturated rings. The summed E-state index contributed by atoms with van der Waals surface area (Å²) >= 11 is 0. The monoisotopic (exact) mass is 314 g/mol. The molecule has 1 aromatic rings. The molecule has 0 aromatic heterocycles. The van der Waals surface area contributed by atoms with E-state index in [1.54, 1.807) is 0 Å². The van der Waals surface area contributed by atoms with Crippen molar-refractivity contribution in [3.05, 3.63) is 29.8 Å². The van der Waals surface area contributed by atoms with Crippen molar-refractivity contribution in [3.63, 3.8) is 0 Å². The molecular weight excluding hydrogens is 306 g/mol. The zero-order valence-electron chi connectivity index (χ0n) is 10.1. The molecule has 2 N–H and O–H groups in total. The number of para-hydroxylation sites is 1. The van der Waals surface area contributed by atoms with Gasteiger partial charge in [0.2, 0.25) is 0 Å². The minimum absolute atomic E-state index is 0.104. The van der Waals surface area contributed by atoms with Crippen LogP contribution in [0.3, 0.4) is 0 Å². The first-order valence-electron chi connectivity index (χ1n) is 5.33. The number of benzene rings is 1. The van der Waals surface area contributed by atoms with Gasteiger partial charge in [-0.2, -0.15) is 26.3 Å². The smallest absolute Gasteiger partial charge is 0.344 e. The highest BCUT2D eigenvalue weighted by molar-refractivity contribution is 5.95. The van der Waals surface area contributed by atoms with Crippen molar-refractivity contribution in [2.75, 3.05) is 5.32 Å². The van der Waals surface area contributed by atoms with Gasteiger partial charge in [0.25, 0.3) is 0 Å². The number of amides is 2. The maximum absolute atomic E-state index is 12.1. The van der Waals surface area contributed by atoms with Gasteiger partial charge < -0.3 is 10.6 Å². The summed E-state index contributed by atoms with van der Waals surface area (Å²) in [5.41, 5.74) is -0.449. The molecule has 1 rings (SSSR count). The average Bonchev–Trinajstić information content (AvgIpc) is 2.35. The quantitative estimate of drug-likeness (QED) is 0.842. The molecule has 0 saturated heterocycles. The normalized spacial score (nSPS) is 11.9. The van der Waals surface area contributed by atoms with Gasteiger partial charge in [-0.05, 0) is 11.6 Å². The average molecular weight is 314 g/mol. The number of alkyl halides is 6. The third kappa shape index (κ3) is 4.97. The SMILES string of the molecule is O=C(NCc1ccccc1NC(=O)C(F)(F)F)C(F)(F)F. The standard InChI is InChI=1S/C11H8F6N2O2/c12-10(13,14)8(20)18-5-6-3-1-2-4-7(6)19-9(21)11(15,16)17/h1-4H,5H2,(H,18,20)(H,19,21). The Labute approximate surface area is 114 Å². The predicted molar refractivity (Wildman–Crippen MR) is 59.0 cm³/mol. The largest absolute Gasteiger partial charge is 0.471 e. The molecule has 0 spiro atoms. The van der Waals surface area contributed by atoms with Crippen LogP contribution in [-0.2, 0) is 16.1 Å². The third-order valence-corrected chi connectivity index (χ3v) is 2.22. The van der Waals surface area contributed by atoms with Gasteiger partial charge in [0.15, 0.2) is 0 Å². The molecule has 1 aromatic carbocycles. The first-order valence-corrected chi connectivity index (χ1v) is 5.33. The lowest BCUT2D eigenvalue weighted by Crippen LogP contribution is -2.36. The van der Waals surface area contributed by atoms with Crippen LogP contribution in [0.5, 0.6) is 0 Å². The van der Waals surface area contributed by atoms with Gasteiger partial charge >= 0.3 is 24.2 Å². The number of nitrogens with one attached hydrogen (secondary N) is 2. The molecule has 0 unspecified atom stereocenters. The van der Waals surface area contributed by atoms with Crippen LogP contribution >= 0.6 is 0 Å². The van der Waals surface area contributed by atoms with E-state index in [9.17, 15) is 35.9 Å². The van der Waals surface area contributed by atoms with Crippen LogP contribution in [0.1, 0.15) is 5.56 Å². The van der Waals surface area contributed by atoms with Gasteiger partial charge in [-0.25, -0.2) is 0 Å². The van der Waals surface area contributed by atoms with Crippen molar-refractivity contribution in [1.29, 1.82) is 0 Å². The Kier molecular flexibility index (Phi) is 4.81. The molecule has 10 heteroatoms. The van der Waals surface area contributed by atoms with Crippen LogP contribution in [-0.4, -0.2) is 24.2 Å². The fourth-order valence-corrected chi connectivity index (χ4v) is 1.27. The summed E-state index contributed by atoms with van der Waals surface area (Å²) < 4.78 is 72.3.